The van der Waals surface area contributed by atoms with E-state index in [4.69, 9.17) is 9.15 Å². The average Bonchev–Trinajstić information content (AvgIpc) is 1.55. The van der Waals surface area contributed by atoms with Crippen LogP contribution in [0.5, 0.6) is 5.75 Å². The summed E-state index contributed by atoms with van der Waals surface area (Å²) in [6.07, 6.45) is 22.3. The predicted octanol–water partition coefficient (Wildman–Crippen LogP) is 27.3. The Kier molecular flexibility index (Phi) is 21.3. The summed E-state index contributed by atoms with van der Waals surface area (Å²) in [6.45, 7) is 50.9. The second-order valence-electron chi connectivity index (χ2n) is 41.9. The average molecular weight is 1450 g/mol. The van der Waals surface area contributed by atoms with E-state index in [-0.39, 0.29) is 11.6 Å². The van der Waals surface area contributed by atoms with Crippen molar-refractivity contribution in [2.45, 2.75) is 196 Å². The van der Waals surface area contributed by atoms with Crippen molar-refractivity contribution in [2.75, 3.05) is 18.0 Å². The number of halogens is 2. The second kappa shape index (κ2) is 29.6. The number of ether oxygens (including phenoxy) is 1. The van der Waals surface area contributed by atoms with Crippen molar-refractivity contribution in [3.05, 3.63) is 233 Å². The minimum Gasteiger partial charge on any atom is -0.490 e. The van der Waals surface area contributed by atoms with Gasteiger partial charge in [-0.05, 0) is 285 Å². The van der Waals surface area contributed by atoms with Crippen LogP contribution in [0, 0.1) is 171 Å². The first-order valence-corrected chi connectivity index (χ1v) is 41.8. The maximum absolute atomic E-state index is 14.1. The van der Waals surface area contributed by atoms with Crippen molar-refractivity contribution in [2.24, 2.45) is 139 Å². The summed E-state index contributed by atoms with van der Waals surface area (Å²) in [5.41, 5.74) is 18.4. The lowest BCUT2D eigenvalue weighted by molar-refractivity contribution is -0.0333. The summed E-state index contributed by atoms with van der Waals surface area (Å²) in [4.78, 5) is 6.58. The van der Waals surface area contributed by atoms with E-state index < -0.39 is 0 Å². The van der Waals surface area contributed by atoms with Gasteiger partial charge in [-0.2, -0.15) is 0 Å². The van der Waals surface area contributed by atoms with Gasteiger partial charge in [-0.25, -0.2) is 13.8 Å². The molecule has 11 aliphatic carbocycles. The molecule has 108 heavy (non-hydrogen) atoms. The van der Waals surface area contributed by atoms with E-state index in [1.54, 1.807) is 17.8 Å². The number of oxazole rings is 1. The molecule has 20 rings (SSSR count). The zero-order valence-corrected chi connectivity index (χ0v) is 69.6. The number of aromatic nitrogens is 1. The van der Waals surface area contributed by atoms with Crippen LogP contribution < -0.4 is 9.64 Å². The summed E-state index contributed by atoms with van der Waals surface area (Å²) in [6, 6.07) is 50.2. The highest BCUT2D eigenvalue weighted by molar-refractivity contribution is 5.75. The number of aryl methyl sites for hydroxylation is 3. The number of benzene rings is 6. The van der Waals surface area contributed by atoms with Gasteiger partial charge < -0.3 is 14.1 Å². The lowest BCUT2D eigenvalue weighted by Crippen LogP contribution is -2.59. The molecule has 18 atom stereocenters. The number of hydrogen-bond donors (Lipinski definition) is 0. The van der Waals surface area contributed by atoms with Gasteiger partial charge in [-0.1, -0.05) is 264 Å². The van der Waals surface area contributed by atoms with E-state index in [9.17, 15) is 8.78 Å². The third-order valence-electron chi connectivity index (χ3n) is 27.9. The SMILES string of the molecule is CC(C)(C)C1C2C=C(c3cccc(-c4cnco4)c3)CC21.CC(C)(C)C1C2CC1CN(c1ccccc1)C2.CC(C)(C)C1C2CCC(Oc3ccccc3)C21.Cc1ccc(C2=CC3C(C2)C3C(C)(C)C)cc1.Cc1ccc(C2=CC3C(C2)C3C(C)(C)C)cc1F.Cc1cccc(C2=CC3C(C2)C3C(C)(C)C)c1F. The van der Waals surface area contributed by atoms with Crippen molar-refractivity contribution in [3.8, 4) is 17.1 Å². The molecule has 3 heterocycles. The quantitative estimate of drug-likeness (QED) is 0.152. The Morgan fingerprint density at radius 2 is 0.870 bits per heavy atom. The number of allylic oxidation sites excluding steroid dienone is 8. The van der Waals surface area contributed by atoms with Crippen LogP contribution in [0.3, 0.4) is 0 Å². The van der Waals surface area contributed by atoms with Gasteiger partial charge in [0, 0.05) is 35.8 Å². The molecule has 18 unspecified atom stereocenters. The Labute approximate surface area is 650 Å². The molecule has 6 aromatic carbocycles. The number of anilines is 1. The lowest BCUT2D eigenvalue weighted by Gasteiger charge is -2.59. The first-order chi connectivity index (χ1) is 50.9. The molecule has 2 bridgehead atoms. The molecule has 0 radical (unpaired) electrons. The number of piperidine rings is 2. The Morgan fingerprint density at radius 1 is 0.417 bits per heavy atom. The molecule has 0 amide bonds. The molecule has 1 aromatic heterocycles. The lowest BCUT2D eigenvalue weighted by atomic mass is 9.53. The van der Waals surface area contributed by atoms with Crippen LogP contribution in [-0.2, 0) is 0 Å². The van der Waals surface area contributed by atoms with E-state index in [1.807, 2.05) is 44.2 Å². The summed E-state index contributed by atoms with van der Waals surface area (Å²) in [7, 11) is 0. The molecule has 9 fully saturated rings. The monoisotopic (exact) mass is 1450 g/mol. The highest BCUT2D eigenvalue weighted by atomic mass is 19.1. The zero-order valence-electron chi connectivity index (χ0n) is 69.6. The molecular formula is C102H130F2N2O2. The Bertz CT molecular complexity index is 4420. The third-order valence-corrected chi connectivity index (χ3v) is 27.9. The van der Waals surface area contributed by atoms with Gasteiger partial charge >= 0.3 is 0 Å². The van der Waals surface area contributed by atoms with Crippen LogP contribution in [0.2, 0.25) is 0 Å². The van der Waals surface area contributed by atoms with Crippen LogP contribution in [-0.4, -0.2) is 24.2 Å². The normalized spacial score (nSPS) is 30.9. The van der Waals surface area contributed by atoms with Crippen LogP contribution in [0.4, 0.5) is 14.5 Å². The fourth-order valence-corrected chi connectivity index (χ4v) is 23.2. The van der Waals surface area contributed by atoms with Gasteiger partial charge in [0.15, 0.2) is 12.2 Å². The molecule has 7 saturated carbocycles. The molecule has 7 aromatic rings. The van der Waals surface area contributed by atoms with Crippen molar-refractivity contribution in [1.29, 1.82) is 0 Å². The Hall–Kier alpha value is -7.05. The van der Waals surface area contributed by atoms with Gasteiger partial charge in [-0.3, -0.25) is 0 Å². The molecule has 4 nitrogen and oxygen atoms in total. The fraction of sp³-hybridized carbons (Fsp3) is 0.539. The van der Waals surface area contributed by atoms with Crippen molar-refractivity contribution in [3.63, 3.8) is 0 Å². The zero-order chi connectivity index (χ0) is 77.1. The summed E-state index contributed by atoms with van der Waals surface area (Å²) >= 11 is 0. The van der Waals surface area contributed by atoms with Crippen molar-refractivity contribution < 1.29 is 17.9 Å². The van der Waals surface area contributed by atoms with E-state index in [1.165, 1.54) is 90.7 Å². The molecule has 0 N–H and O–H groups in total. The van der Waals surface area contributed by atoms with E-state index in [0.717, 1.165) is 153 Å². The van der Waals surface area contributed by atoms with Gasteiger partial charge in [0.2, 0.25) is 0 Å². The number of rotatable bonds is 8. The number of hydrogen-bond acceptors (Lipinski definition) is 4. The summed E-state index contributed by atoms with van der Waals surface area (Å²) in [5, 5.41) is 0. The van der Waals surface area contributed by atoms with Crippen molar-refractivity contribution >= 4 is 28.0 Å². The van der Waals surface area contributed by atoms with E-state index in [0.29, 0.717) is 44.5 Å². The fourth-order valence-electron chi connectivity index (χ4n) is 23.2. The molecule has 6 heteroatoms. The Morgan fingerprint density at radius 3 is 1.32 bits per heavy atom. The minimum atomic E-state index is -0.0821. The Balaban J connectivity index is 0.000000109. The smallest absolute Gasteiger partial charge is 0.181 e. The van der Waals surface area contributed by atoms with Gasteiger partial charge in [-0.15, -0.1) is 0 Å². The van der Waals surface area contributed by atoms with Crippen LogP contribution in [0.25, 0.3) is 33.6 Å². The molecular weight excluding hydrogens is 1320 g/mol. The van der Waals surface area contributed by atoms with Gasteiger partial charge in [0.1, 0.15) is 23.5 Å². The molecule has 13 aliphatic rings. The van der Waals surface area contributed by atoms with Crippen LogP contribution in [0.1, 0.15) is 209 Å². The summed E-state index contributed by atoms with van der Waals surface area (Å²) in [5.74, 6) is 17.1. The second-order valence-corrected chi connectivity index (χ2v) is 41.9. The van der Waals surface area contributed by atoms with Gasteiger partial charge in [0.25, 0.3) is 0 Å². The van der Waals surface area contributed by atoms with E-state index >= 15 is 0 Å². The molecule has 2 aliphatic heterocycles. The number of fused-ring (bicyclic) bond motifs is 7. The standard InChI is InChI=1S/C19H21NO.2C17H21F.C17H22.C16H23N.C16H22O/c1-19(2,3)18-15-8-14(9-16(15)18)12-5-4-6-13(7-12)17-10-20-11-21-17;1-10-5-6-11(9-15(10)18)12-7-13-14(8-12)16(13)17(2,3)4;1-10-6-5-7-12(16(10)18)11-8-13-14(9-11)15(13)17(2,3)4;1-11-5-7-12(8-6-11)13-9-14-15(10-13)16(14)17(2,3)4;1-16(2,3)15-12-9-13(15)11-17(10-12)14-7-5-4-6-8-14;1-16(2,3)15-12-9-10-13(14(12)15)17-11-7-5-4-6-8-11/h4-8,10-11,15-16,18H,9H2,1-3H3;5-7,9,13-14,16H,8H2,1-4H3;5-8,13-15H,9H2,1-4H3;5-9,14-16H,10H2,1-4H3;4-8,12-13,15H,9-11H2,1-3H3;4-8,12-15H,9-10H2,1-3H3. The predicted molar refractivity (Wildman–Crippen MR) is 449 cm³/mol. The topological polar surface area (TPSA) is 38.5 Å². The number of para-hydroxylation sites is 2. The first kappa shape index (κ1) is 77.7. The molecule has 574 valence electrons. The molecule has 0 spiro atoms. The third kappa shape index (κ3) is 16.8. The van der Waals surface area contributed by atoms with E-state index in [2.05, 4.69) is 275 Å². The van der Waals surface area contributed by atoms with Crippen LogP contribution in [0.15, 0.2) is 187 Å². The highest BCUT2D eigenvalue weighted by Gasteiger charge is 2.64. The first-order valence-electron chi connectivity index (χ1n) is 41.8. The van der Waals surface area contributed by atoms with Crippen LogP contribution >= 0.6 is 0 Å². The van der Waals surface area contributed by atoms with Gasteiger partial charge in [0.05, 0.1) is 6.20 Å². The highest BCUT2D eigenvalue weighted by Crippen LogP contribution is 2.69. The molecule has 2 saturated heterocycles. The number of nitrogens with zero attached hydrogens (tertiary/aromatic N) is 2. The van der Waals surface area contributed by atoms with Crippen molar-refractivity contribution in [1.82, 2.24) is 4.98 Å². The largest absolute Gasteiger partial charge is 0.490 e. The minimum absolute atomic E-state index is 0.0302. The maximum atomic E-state index is 14.1. The maximum Gasteiger partial charge on any atom is 0.181 e. The summed E-state index contributed by atoms with van der Waals surface area (Å²) < 4.78 is 39.2.